The zero-order chi connectivity index (χ0) is 19.2. The van der Waals surface area contributed by atoms with Crippen molar-refractivity contribution in [3.8, 4) is 5.75 Å². The molecule has 2 rings (SSSR count). The summed E-state index contributed by atoms with van der Waals surface area (Å²) in [5.41, 5.74) is 1.90. The smallest absolute Gasteiger partial charge is 0.251 e. The second kappa shape index (κ2) is 8.52. The summed E-state index contributed by atoms with van der Waals surface area (Å²) < 4.78 is 5.12. The van der Waals surface area contributed by atoms with Crippen LogP contribution in [-0.2, 0) is 6.42 Å². The number of carbonyl (C=O) groups is 2. The van der Waals surface area contributed by atoms with E-state index in [0.29, 0.717) is 17.7 Å². The second-order valence-corrected chi connectivity index (χ2v) is 7.14. The molecule has 0 heterocycles. The molecule has 5 nitrogen and oxygen atoms in total. The Morgan fingerprint density at radius 3 is 1.92 bits per heavy atom. The molecule has 0 radical (unpaired) electrons. The Labute approximate surface area is 154 Å². The number of methoxy groups -OCH3 is 1. The first kappa shape index (κ1) is 19.5. The van der Waals surface area contributed by atoms with Crippen molar-refractivity contribution in [2.24, 2.45) is 0 Å². The van der Waals surface area contributed by atoms with Crippen LogP contribution in [0.15, 0.2) is 48.5 Å². The Hall–Kier alpha value is -2.82. The van der Waals surface area contributed by atoms with E-state index < -0.39 is 0 Å². The van der Waals surface area contributed by atoms with Gasteiger partial charge in [0.05, 0.1) is 7.11 Å². The molecule has 2 aromatic rings. The molecule has 138 valence electrons. The van der Waals surface area contributed by atoms with Gasteiger partial charge in [-0.3, -0.25) is 9.59 Å². The molecule has 2 N–H and O–H groups in total. The lowest BCUT2D eigenvalue weighted by Crippen LogP contribution is -2.40. The molecule has 0 saturated heterocycles. The summed E-state index contributed by atoms with van der Waals surface area (Å²) in [7, 11) is 1.63. The maximum absolute atomic E-state index is 12.2. The first-order valence-corrected chi connectivity index (χ1v) is 8.62. The van der Waals surface area contributed by atoms with E-state index >= 15 is 0 Å². The van der Waals surface area contributed by atoms with Crippen molar-refractivity contribution in [3.63, 3.8) is 0 Å². The van der Waals surface area contributed by atoms with Gasteiger partial charge in [-0.15, -0.1) is 0 Å². The highest BCUT2D eigenvalue weighted by Gasteiger charge is 2.15. The van der Waals surface area contributed by atoms with Crippen LogP contribution in [0.5, 0.6) is 5.75 Å². The van der Waals surface area contributed by atoms with Crippen molar-refractivity contribution in [1.29, 1.82) is 0 Å². The van der Waals surface area contributed by atoms with Gasteiger partial charge in [0, 0.05) is 23.2 Å². The average Bonchev–Trinajstić information content (AvgIpc) is 2.61. The van der Waals surface area contributed by atoms with Gasteiger partial charge < -0.3 is 15.4 Å². The van der Waals surface area contributed by atoms with E-state index in [1.165, 1.54) is 0 Å². The number of benzene rings is 2. The molecular weight excluding hydrogens is 328 g/mol. The van der Waals surface area contributed by atoms with Crippen molar-refractivity contribution in [1.82, 2.24) is 10.6 Å². The van der Waals surface area contributed by atoms with Gasteiger partial charge in [-0.1, -0.05) is 12.1 Å². The Bertz CT molecular complexity index is 744. The highest BCUT2D eigenvalue weighted by atomic mass is 16.5. The molecule has 0 aliphatic rings. The third-order valence-corrected chi connectivity index (χ3v) is 3.76. The zero-order valence-electron chi connectivity index (χ0n) is 15.8. The summed E-state index contributed by atoms with van der Waals surface area (Å²) in [6.45, 7) is 6.32. The topological polar surface area (TPSA) is 67.4 Å². The molecule has 5 heteroatoms. The number of ether oxygens (including phenoxy) is 1. The minimum atomic E-state index is -0.297. The van der Waals surface area contributed by atoms with E-state index in [-0.39, 0.29) is 17.4 Å². The zero-order valence-corrected chi connectivity index (χ0v) is 15.8. The molecule has 0 atom stereocenters. The van der Waals surface area contributed by atoms with Crippen molar-refractivity contribution >= 4 is 11.8 Å². The average molecular weight is 354 g/mol. The molecule has 0 aromatic heterocycles. The van der Waals surface area contributed by atoms with Crippen LogP contribution in [0.4, 0.5) is 0 Å². The van der Waals surface area contributed by atoms with Crippen LogP contribution in [0.25, 0.3) is 0 Å². The minimum absolute atomic E-state index is 0.149. The van der Waals surface area contributed by atoms with Gasteiger partial charge in [-0.25, -0.2) is 0 Å². The van der Waals surface area contributed by atoms with E-state index in [9.17, 15) is 9.59 Å². The Morgan fingerprint density at radius 1 is 0.885 bits per heavy atom. The summed E-state index contributed by atoms with van der Waals surface area (Å²) in [6.07, 6.45) is 0.738. The fourth-order valence-corrected chi connectivity index (χ4v) is 2.40. The molecule has 0 aliphatic heterocycles. The van der Waals surface area contributed by atoms with Crippen molar-refractivity contribution in [2.75, 3.05) is 13.7 Å². The molecule has 0 unspecified atom stereocenters. The molecule has 26 heavy (non-hydrogen) atoms. The fraction of sp³-hybridized carbons (Fsp3) is 0.333. The van der Waals surface area contributed by atoms with Crippen molar-refractivity contribution < 1.29 is 14.3 Å². The molecular formula is C21H26N2O3. The molecule has 0 fully saturated rings. The Balaban J connectivity index is 1.86. The minimum Gasteiger partial charge on any atom is -0.497 e. The lowest BCUT2D eigenvalue weighted by Gasteiger charge is -2.20. The summed E-state index contributed by atoms with van der Waals surface area (Å²) in [4.78, 5) is 24.3. The summed E-state index contributed by atoms with van der Waals surface area (Å²) >= 11 is 0. The van der Waals surface area contributed by atoms with Crippen LogP contribution in [0.1, 0.15) is 47.1 Å². The predicted octanol–water partition coefficient (Wildman–Crippen LogP) is 3.20. The Kier molecular flexibility index (Phi) is 6.39. The van der Waals surface area contributed by atoms with Crippen LogP contribution in [0.2, 0.25) is 0 Å². The highest BCUT2D eigenvalue weighted by molar-refractivity contribution is 5.98. The quantitative estimate of drug-likeness (QED) is 0.837. The van der Waals surface area contributed by atoms with Crippen molar-refractivity contribution in [3.05, 3.63) is 65.2 Å². The van der Waals surface area contributed by atoms with E-state index in [1.807, 2.05) is 45.0 Å². The van der Waals surface area contributed by atoms with Crippen LogP contribution in [-0.4, -0.2) is 31.0 Å². The normalized spacial score (nSPS) is 10.9. The van der Waals surface area contributed by atoms with Gasteiger partial charge >= 0.3 is 0 Å². The Morgan fingerprint density at radius 2 is 1.42 bits per heavy atom. The SMILES string of the molecule is COc1ccc(CCNC(=O)c2ccc(C(=O)NC(C)(C)C)cc2)cc1. The first-order chi connectivity index (χ1) is 12.3. The van der Waals surface area contributed by atoms with Gasteiger partial charge in [0.15, 0.2) is 0 Å². The maximum Gasteiger partial charge on any atom is 0.251 e. The highest BCUT2D eigenvalue weighted by Crippen LogP contribution is 2.11. The van der Waals surface area contributed by atoms with Crippen molar-refractivity contribution in [2.45, 2.75) is 32.7 Å². The maximum atomic E-state index is 12.2. The lowest BCUT2D eigenvalue weighted by molar-refractivity contribution is 0.0915. The van der Waals surface area contributed by atoms with E-state index in [0.717, 1.165) is 17.7 Å². The lowest BCUT2D eigenvalue weighted by atomic mass is 10.1. The number of rotatable bonds is 6. The van der Waals surface area contributed by atoms with Gasteiger partial charge in [0.1, 0.15) is 5.75 Å². The van der Waals surface area contributed by atoms with Gasteiger partial charge in [0.25, 0.3) is 11.8 Å². The molecule has 2 aromatic carbocycles. The molecule has 0 saturated carbocycles. The van der Waals surface area contributed by atoms with Crippen LogP contribution < -0.4 is 15.4 Å². The number of hydrogen-bond donors (Lipinski definition) is 2. The third-order valence-electron chi connectivity index (χ3n) is 3.76. The standard InChI is InChI=1S/C21H26N2O3/c1-21(2,3)23-20(25)17-9-7-16(8-10-17)19(24)22-14-13-15-5-11-18(26-4)12-6-15/h5-12H,13-14H2,1-4H3,(H,22,24)(H,23,25). The number of hydrogen-bond acceptors (Lipinski definition) is 3. The second-order valence-electron chi connectivity index (χ2n) is 7.14. The monoisotopic (exact) mass is 354 g/mol. The van der Waals surface area contributed by atoms with Crippen LogP contribution in [0.3, 0.4) is 0 Å². The summed E-state index contributed by atoms with van der Waals surface area (Å²) in [6, 6.07) is 14.4. The molecule has 0 aliphatic carbocycles. The summed E-state index contributed by atoms with van der Waals surface area (Å²) in [5, 5.41) is 5.79. The number of nitrogens with one attached hydrogen (secondary N) is 2. The van der Waals surface area contributed by atoms with Crippen LogP contribution >= 0.6 is 0 Å². The van der Waals surface area contributed by atoms with Crippen LogP contribution in [0, 0.1) is 0 Å². The van der Waals surface area contributed by atoms with Gasteiger partial charge in [-0.05, 0) is 69.2 Å². The fourth-order valence-electron chi connectivity index (χ4n) is 2.40. The van der Waals surface area contributed by atoms with Gasteiger partial charge in [0.2, 0.25) is 0 Å². The largest absolute Gasteiger partial charge is 0.497 e. The number of amides is 2. The van der Waals surface area contributed by atoms with Gasteiger partial charge in [-0.2, -0.15) is 0 Å². The molecule has 0 spiro atoms. The molecule has 2 amide bonds. The van der Waals surface area contributed by atoms with E-state index in [2.05, 4.69) is 10.6 Å². The first-order valence-electron chi connectivity index (χ1n) is 8.62. The predicted molar refractivity (Wildman–Crippen MR) is 103 cm³/mol. The summed E-state index contributed by atoms with van der Waals surface area (Å²) in [5.74, 6) is 0.513. The molecule has 0 bridgehead atoms. The van der Waals surface area contributed by atoms with E-state index in [1.54, 1.807) is 31.4 Å². The number of carbonyl (C=O) groups excluding carboxylic acids is 2. The van der Waals surface area contributed by atoms with E-state index in [4.69, 9.17) is 4.74 Å². The third kappa shape index (κ3) is 5.92.